The van der Waals surface area contributed by atoms with Crippen LogP contribution in [0.25, 0.3) is 0 Å². The highest BCUT2D eigenvalue weighted by Crippen LogP contribution is 2.15. The SMILES string of the molecule is Cc1ccc(CCc2ccc(F)cc2F)c(F)c1. The van der Waals surface area contributed by atoms with E-state index in [1.54, 1.807) is 6.07 Å². The zero-order valence-corrected chi connectivity index (χ0v) is 10.0. The first-order chi connectivity index (χ1) is 8.56. The van der Waals surface area contributed by atoms with Crippen molar-refractivity contribution >= 4 is 0 Å². The highest BCUT2D eigenvalue weighted by Gasteiger charge is 2.06. The number of halogens is 3. The van der Waals surface area contributed by atoms with Gasteiger partial charge in [0.15, 0.2) is 0 Å². The van der Waals surface area contributed by atoms with E-state index in [4.69, 9.17) is 0 Å². The van der Waals surface area contributed by atoms with E-state index in [0.717, 1.165) is 11.6 Å². The maximum Gasteiger partial charge on any atom is 0.129 e. The summed E-state index contributed by atoms with van der Waals surface area (Å²) >= 11 is 0. The van der Waals surface area contributed by atoms with E-state index >= 15 is 0 Å². The van der Waals surface area contributed by atoms with Crippen LogP contribution in [0, 0.1) is 24.4 Å². The Balaban J connectivity index is 2.11. The fraction of sp³-hybridized carbons (Fsp3) is 0.200. The van der Waals surface area contributed by atoms with Gasteiger partial charge in [-0.2, -0.15) is 0 Å². The molecule has 18 heavy (non-hydrogen) atoms. The Bertz CT molecular complexity index is 510. The Hall–Kier alpha value is -1.77. The van der Waals surface area contributed by atoms with Gasteiger partial charge in [-0.25, -0.2) is 13.2 Å². The normalized spacial score (nSPS) is 10.7. The van der Waals surface area contributed by atoms with Crippen molar-refractivity contribution in [1.82, 2.24) is 0 Å². The molecular weight excluding hydrogens is 237 g/mol. The van der Waals surface area contributed by atoms with Crippen LogP contribution in [-0.2, 0) is 12.8 Å². The molecule has 2 rings (SSSR count). The second kappa shape index (κ2) is 5.25. The molecule has 3 heteroatoms. The summed E-state index contributed by atoms with van der Waals surface area (Å²) in [4.78, 5) is 0. The summed E-state index contributed by atoms with van der Waals surface area (Å²) in [5.41, 5.74) is 1.80. The monoisotopic (exact) mass is 250 g/mol. The standard InChI is InChI=1S/C15H13F3/c1-10-2-3-11(14(17)8-10)4-5-12-6-7-13(16)9-15(12)18/h2-3,6-9H,4-5H2,1H3. The molecule has 0 spiro atoms. The van der Waals surface area contributed by atoms with Crippen LogP contribution in [0.1, 0.15) is 16.7 Å². The van der Waals surface area contributed by atoms with Crippen molar-refractivity contribution in [2.24, 2.45) is 0 Å². The third-order valence-corrected chi connectivity index (χ3v) is 2.89. The van der Waals surface area contributed by atoms with Crippen LogP contribution in [0.3, 0.4) is 0 Å². The van der Waals surface area contributed by atoms with Gasteiger partial charge in [0.2, 0.25) is 0 Å². The van der Waals surface area contributed by atoms with Gasteiger partial charge in [0, 0.05) is 6.07 Å². The van der Waals surface area contributed by atoms with Crippen molar-refractivity contribution in [3.05, 3.63) is 70.5 Å². The molecule has 0 atom stereocenters. The summed E-state index contributed by atoms with van der Waals surface area (Å²) in [5.74, 6) is -1.46. The fourth-order valence-electron chi connectivity index (χ4n) is 1.85. The molecule has 0 bridgehead atoms. The van der Waals surface area contributed by atoms with Gasteiger partial charge in [-0.15, -0.1) is 0 Å². The quantitative estimate of drug-likeness (QED) is 0.766. The van der Waals surface area contributed by atoms with Crippen molar-refractivity contribution in [3.8, 4) is 0 Å². The summed E-state index contributed by atoms with van der Waals surface area (Å²) in [6.45, 7) is 1.81. The molecule has 0 amide bonds. The second-order valence-electron chi connectivity index (χ2n) is 4.33. The van der Waals surface area contributed by atoms with E-state index in [2.05, 4.69) is 0 Å². The van der Waals surface area contributed by atoms with Crippen LogP contribution in [0.15, 0.2) is 36.4 Å². The number of rotatable bonds is 3. The Morgan fingerprint density at radius 2 is 1.33 bits per heavy atom. The zero-order chi connectivity index (χ0) is 13.1. The Morgan fingerprint density at radius 3 is 1.89 bits per heavy atom. The van der Waals surface area contributed by atoms with Gasteiger partial charge in [-0.1, -0.05) is 18.2 Å². The van der Waals surface area contributed by atoms with E-state index in [1.807, 2.05) is 13.0 Å². The molecule has 0 fully saturated rings. The smallest absolute Gasteiger partial charge is 0.129 e. The summed E-state index contributed by atoms with van der Waals surface area (Å²) in [5, 5.41) is 0. The minimum atomic E-state index is -0.599. The number of hydrogen-bond donors (Lipinski definition) is 0. The molecular formula is C15H13F3. The van der Waals surface area contributed by atoms with Gasteiger partial charge in [-0.05, 0) is 48.6 Å². The summed E-state index contributed by atoms with van der Waals surface area (Å²) < 4.78 is 39.7. The topological polar surface area (TPSA) is 0 Å². The van der Waals surface area contributed by atoms with E-state index < -0.39 is 11.6 Å². The molecule has 0 heterocycles. The molecule has 0 radical (unpaired) electrons. The molecule has 94 valence electrons. The van der Waals surface area contributed by atoms with Crippen LogP contribution >= 0.6 is 0 Å². The molecule has 0 saturated heterocycles. The van der Waals surface area contributed by atoms with Crippen molar-refractivity contribution in [3.63, 3.8) is 0 Å². The molecule has 0 saturated carbocycles. The van der Waals surface area contributed by atoms with Crippen molar-refractivity contribution in [1.29, 1.82) is 0 Å². The Kier molecular flexibility index (Phi) is 3.70. The molecule has 0 aliphatic carbocycles. The van der Waals surface area contributed by atoms with E-state index in [9.17, 15) is 13.2 Å². The molecule has 0 nitrogen and oxygen atoms in total. The average Bonchev–Trinajstić information content (AvgIpc) is 2.30. The van der Waals surface area contributed by atoms with Crippen LogP contribution in [0.5, 0.6) is 0 Å². The lowest BCUT2D eigenvalue weighted by atomic mass is 10.0. The maximum absolute atomic E-state index is 13.6. The molecule has 0 aliphatic heterocycles. The van der Waals surface area contributed by atoms with Gasteiger partial charge < -0.3 is 0 Å². The molecule has 0 unspecified atom stereocenters. The van der Waals surface area contributed by atoms with Crippen LogP contribution in [0.2, 0.25) is 0 Å². The molecule has 2 aromatic rings. The van der Waals surface area contributed by atoms with Crippen molar-refractivity contribution < 1.29 is 13.2 Å². The molecule has 0 N–H and O–H groups in total. The minimum absolute atomic E-state index is 0.280. The van der Waals surface area contributed by atoms with Gasteiger partial charge in [0.1, 0.15) is 17.5 Å². The predicted octanol–water partition coefficient (Wildman–Crippen LogP) is 4.20. The highest BCUT2D eigenvalue weighted by molar-refractivity contribution is 5.26. The number of aryl methyl sites for hydroxylation is 3. The third-order valence-electron chi connectivity index (χ3n) is 2.89. The Morgan fingerprint density at radius 1 is 0.778 bits per heavy atom. The highest BCUT2D eigenvalue weighted by atomic mass is 19.1. The van der Waals surface area contributed by atoms with Gasteiger partial charge >= 0.3 is 0 Å². The van der Waals surface area contributed by atoms with Crippen LogP contribution in [0.4, 0.5) is 13.2 Å². The molecule has 2 aromatic carbocycles. The number of benzene rings is 2. The predicted molar refractivity (Wildman–Crippen MR) is 64.9 cm³/mol. The first-order valence-electron chi connectivity index (χ1n) is 5.75. The summed E-state index contributed by atoms with van der Waals surface area (Å²) in [6, 6.07) is 8.43. The average molecular weight is 250 g/mol. The lowest BCUT2D eigenvalue weighted by Crippen LogP contribution is -1.98. The third kappa shape index (κ3) is 2.92. The van der Waals surface area contributed by atoms with Crippen LogP contribution in [-0.4, -0.2) is 0 Å². The molecule has 0 aromatic heterocycles. The largest absolute Gasteiger partial charge is 0.207 e. The van der Waals surface area contributed by atoms with E-state index in [1.165, 1.54) is 18.2 Å². The van der Waals surface area contributed by atoms with Gasteiger partial charge in [-0.3, -0.25) is 0 Å². The van der Waals surface area contributed by atoms with Crippen molar-refractivity contribution in [2.45, 2.75) is 19.8 Å². The van der Waals surface area contributed by atoms with Crippen LogP contribution < -0.4 is 0 Å². The number of hydrogen-bond acceptors (Lipinski definition) is 0. The fourth-order valence-corrected chi connectivity index (χ4v) is 1.85. The Labute approximate surface area is 104 Å². The lowest BCUT2D eigenvalue weighted by molar-refractivity contribution is 0.568. The van der Waals surface area contributed by atoms with E-state index in [0.29, 0.717) is 24.0 Å². The maximum atomic E-state index is 13.6. The lowest BCUT2D eigenvalue weighted by Gasteiger charge is -2.05. The second-order valence-corrected chi connectivity index (χ2v) is 4.33. The van der Waals surface area contributed by atoms with Gasteiger partial charge in [0.25, 0.3) is 0 Å². The van der Waals surface area contributed by atoms with Crippen molar-refractivity contribution in [2.75, 3.05) is 0 Å². The minimum Gasteiger partial charge on any atom is -0.207 e. The van der Waals surface area contributed by atoms with Gasteiger partial charge in [0.05, 0.1) is 0 Å². The zero-order valence-electron chi connectivity index (χ0n) is 10.0. The van der Waals surface area contributed by atoms with E-state index in [-0.39, 0.29) is 5.82 Å². The molecule has 0 aliphatic rings. The first kappa shape index (κ1) is 12.7. The first-order valence-corrected chi connectivity index (χ1v) is 5.75. The summed E-state index contributed by atoms with van der Waals surface area (Å²) in [6.07, 6.45) is 0.751. The summed E-state index contributed by atoms with van der Waals surface area (Å²) in [7, 11) is 0.